The SMILES string of the molecule is CCOC1CC(CN2CCSCC2c2ccc(C)o2)C1. The molecule has 0 spiro atoms. The minimum Gasteiger partial charge on any atom is -0.465 e. The number of rotatable bonds is 5. The molecule has 0 bridgehead atoms. The fraction of sp³-hybridized carbons (Fsp3) is 0.750. The summed E-state index contributed by atoms with van der Waals surface area (Å²) in [5.74, 6) is 5.39. The van der Waals surface area contributed by atoms with Crippen molar-refractivity contribution < 1.29 is 9.15 Å². The Hall–Kier alpha value is -0.450. The van der Waals surface area contributed by atoms with Gasteiger partial charge in [-0.1, -0.05) is 0 Å². The molecule has 3 rings (SSSR count). The van der Waals surface area contributed by atoms with Gasteiger partial charge < -0.3 is 9.15 Å². The summed E-state index contributed by atoms with van der Waals surface area (Å²) in [6.45, 7) is 7.36. The van der Waals surface area contributed by atoms with Gasteiger partial charge in [0.2, 0.25) is 0 Å². The number of thioether (sulfide) groups is 1. The van der Waals surface area contributed by atoms with E-state index >= 15 is 0 Å². The number of ether oxygens (including phenoxy) is 1. The molecule has 20 heavy (non-hydrogen) atoms. The molecule has 0 aromatic carbocycles. The molecule has 0 N–H and O–H groups in total. The topological polar surface area (TPSA) is 25.6 Å². The molecule has 2 aliphatic rings. The van der Waals surface area contributed by atoms with Crippen LogP contribution in [0.2, 0.25) is 0 Å². The number of aryl methyl sites for hydroxylation is 1. The Bertz CT molecular complexity index is 428. The van der Waals surface area contributed by atoms with Crippen LogP contribution in [-0.2, 0) is 4.74 Å². The van der Waals surface area contributed by atoms with Crippen LogP contribution in [0.3, 0.4) is 0 Å². The molecule has 1 unspecified atom stereocenters. The molecule has 0 radical (unpaired) electrons. The number of furan rings is 1. The third-order valence-electron chi connectivity index (χ3n) is 4.42. The molecule has 1 aliphatic heterocycles. The Kier molecular flexibility index (Phi) is 4.74. The highest BCUT2D eigenvalue weighted by atomic mass is 32.2. The number of hydrogen-bond donors (Lipinski definition) is 0. The maximum atomic E-state index is 5.87. The van der Waals surface area contributed by atoms with Crippen LogP contribution in [0.5, 0.6) is 0 Å². The predicted molar refractivity (Wildman–Crippen MR) is 83.2 cm³/mol. The molecular formula is C16H25NO2S. The molecule has 2 fully saturated rings. The van der Waals surface area contributed by atoms with E-state index < -0.39 is 0 Å². The van der Waals surface area contributed by atoms with E-state index in [1.807, 2.05) is 18.7 Å². The molecule has 0 amide bonds. The molecule has 112 valence electrons. The van der Waals surface area contributed by atoms with Crippen LogP contribution >= 0.6 is 11.8 Å². The fourth-order valence-electron chi connectivity index (χ4n) is 3.28. The summed E-state index contributed by atoms with van der Waals surface area (Å²) in [5.41, 5.74) is 0. The van der Waals surface area contributed by atoms with E-state index in [1.54, 1.807) is 0 Å². The lowest BCUT2D eigenvalue weighted by Gasteiger charge is -2.42. The Morgan fingerprint density at radius 1 is 1.40 bits per heavy atom. The third kappa shape index (κ3) is 3.23. The molecule has 1 aliphatic carbocycles. The van der Waals surface area contributed by atoms with Crippen LogP contribution in [0, 0.1) is 12.8 Å². The molecule has 4 heteroatoms. The van der Waals surface area contributed by atoms with Crippen LogP contribution in [0.4, 0.5) is 0 Å². The standard InChI is InChI=1S/C16H25NO2S/c1-3-18-14-8-13(9-14)10-17-6-7-20-11-15(17)16-5-4-12(2)19-16/h4-5,13-15H,3,6-11H2,1-2H3. The van der Waals surface area contributed by atoms with Crippen molar-refractivity contribution in [3.63, 3.8) is 0 Å². The summed E-state index contributed by atoms with van der Waals surface area (Å²) in [6.07, 6.45) is 3.00. The average Bonchev–Trinajstić information content (AvgIpc) is 2.83. The molecule has 1 saturated carbocycles. The van der Waals surface area contributed by atoms with Crippen LogP contribution in [0.15, 0.2) is 16.5 Å². The van der Waals surface area contributed by atoms with Gasteiger partial charge in [-0.3, -0.25) is 4.90 Å². The summed E-state index contributed by atoms with van der Waals surface area (Å²) in [6, 6.07) is 4.71. The van der Waals surface area contributed by atoms with E-state index in [4.69, 9.17) is 9.15 Å². The zero-order chi connectivity index (χ0) is 13.9. The molecule has 3 nitrogen and oxygen atoms in total. The molecule has 1 saturated heterocycles. The van der Waals surface area contributed by atoms with Gasteiger partial charge in [-0.15, -0.1) is 0 Å². The largest absolute Gasteiger partial charge is 0.465 e. The van der Waals surface area contributed by atoms with Crippen molar-refractivity contribution in [1.82, 2.24) is 4.90 Å². The van der Waals surface area contributed by atoms with Crippen molar-refractivity contribution in [3.8, 4) is 0 Å². The van der Waals surface area contributed by atoms with Crippen LogP contribution < -0.4 is 0 Å². The summed E-state index contributed by atoms with van der Waals surface area (Å²) in [7, 11) is 0. The zero-order valence-corrected chi connectivity index (χ0v) is 13.3. The van der Waals surface area contributed by atoms with Gasteiger partial charge in [-0.05, 0) is 44.7 Å². The van der Waals surface area contributed by atoms with E-state index in [0.29, 0.717) is 12.1 Å². The van der Waals surface area contributed by atoms with Crippen molar-refractivity contribution in [2.75, 3.05) is 31.2 Å². The van der Waals surface area contributed by atoms with Crippen molar-refractivity contribution in [1.29, 1.82) is 0 Å². The van der Waals surface area contributed by atoms with E-state index in [1.165, 1.54) is 31.7 Å². The first-order valence-electron chi connectivity index (χ1n) is 7.76. The van der Waals surface area contributed by atoms with Gasteiger partial charge in [0.25, 0.3) is 0 Å². The second kappa shape index (κ2) is 6.54. The van der Waals surface area contributed by atoms with Crippen LogP contribution in [0.25, 0.3) is 0 Å². The fourth-order valence-corrected chi connectivity index (χ4v) is 4.41. The van der Waals surface area contributed by atoms with Gasteiger partial charge >= 0.3 is 0 Å². The second-order valence-electron chi connectivity index (χ2n) is 5.95. The van der Waals surface area contributed by atoms with Gasteiger partial charge in [0.05, 0.1) is 12.1 Å². The number of nitrogens with zero attached hydrogens (tertiary/aromatic N) is 1. The highest BCUT2D eigenvalue weighted by Gasteiger charge is 2.34. The van der Waals surface area contributed by atoms with Gasteiger partial charge in [-0.2, -0.15) is 11.8 Å². The summed E-state index contributed by atoms with van der Waals surface area (Å²) in [5, 5.41) is 0. The Labute approximate surface area is 126 Å². The maximum Gasteiger partial charge on any atom is 0.122 e. The van der Waals surface area contributed by atoms with Gasteiger partial charge in [0, 0.05) is 31.2 Å². The number of hydrogen-bond acceptors (Lipinski definition) is 4. The Balaban J connectivity index is 1.56. The molecular weight excluding hydrogens is 270 g/mol. The molecule has 1 atom stereocenters. The van der Waals surface area contributed by atoms with Crippen molar-refractivity contribution in [3.05, 3.63) is 23.7 Å². The smallest absolute Gasteiger partial charge is 0.122 e. The zero-order valence-electron chi connectivity index (χ0n) is 12.5. The van der Waals surface area contributed by atoms with E-state index in [-0.39, 0.29) is 0 Å². The highest BCUT2D eigenvalue weighted by molar-refractivity contribution is 7.99. The normalized spacial score (nSPS) is 31.2. The van der Waals surface area contributed by atoms with Crippen LogP contribution in [0.1, 0.15) is 37.3 Å². The lowest BCUT2D eigenvalue weighted by atomic mass is 9.81. The predicted octanol–water partition coefficient (Wildman–Crippen LogP) is 3.49. The average molecular weight is 295 g/mol. The monoisotopic (exact) mass is 295 g/mol. The minimum absolute atomic E-state index is 0.466. The molecule has 1 aromatic heterocycles. The summed E-state index contributed by atoms with van der Waals surface area (Å²) < 4.78 is 11.5. The van der Waals surface area contributed by atoms with Gasteiger partial charge in [0.1, 0.15) is 11.5 Å². The molecule has 1 aromatic rings. The molecule has 2 heterocycles. The minimum atomic E-state index is 0.466. The third-order valence-corrected chi connectivity index (χ3v) is 5.44. The van der Waals surface area contributed by atoms with Crippen molar-refractivity contribution in [2.45, 2.75) is 38.8 Å². The first kappa shape index (κ1) is 14.5. The maximum absolute atomic E-state index is 5.87. The highest BCUT2D eigenvalue weighted by Crippen LogP contribution is 2.36. The van der Waals surface area contributed by atoms with Crippen molar-refractivity contribution in [2.24, 2.45) is 5.92 Å². The lowest BCUT2D eigenvalue weighted by molar-refractivity contribution is -0.0368. The van der Waals surface area contributed by atoms with Crippen LogP contribution in [-0.4, -0.2) is 42.2 Å². The van der Waals surface area contributed by atoms with Gasteiger partial charge in [0.15, 0.2) is 0 Å². The van der Waals surface area contributed by atoms with E-state index in [9.17, 15) is 0 Å². The first-order chi connectivity index (χ1) is 9.76. The Morgan fingerprint density at radius 2 is 2.25 bits per heavy atom. The second-order valence-corrected chi connectivity index (χ2v) is 7.10. The quantitative estimate of drug-likeness (QED) is 0.830. The summed E-state index contributed by atoms with van der Waals surface area (Å²) in [4.78, 5) is 2.63. The van der Waals surface area contributed by atoms with Crippen molar-refractivity contribution >= 4 is 11.8 Å². The van der Waals surface area contributed by atoms with E-state index in [0.717, 1.165) is 29.8 Å². The Morgan fingerprint density at radius 3 is 2.95 bits per heavy atom. The summed E-state index contributed by atoms with van der Waals surface area (Å²) >= 11 is 2.05. The lowest BCUT2D eigenvalue weighted by Crippen LogP contribution is -2.44. The first-order valence-corrected chi connectivity index (χ1v) is 8.91. The van der Waals surface area contributed by atoms with E-state index in [2.05, 4.69) is 24.0 Å². The van der Waals surface area contributed by atoms with Gasteiger partial charge in [-0.25, -0.2) is 0 Å².